The van der Waals surface area contributed by atoms with Gasteiger partial charge in [-0.3, -0.25) is 9.88 Å². The molecule has 3 heterocycles. The van der Waals surface area contributed by atoms with Crippen molar-refractivity contribution in [1.29, 1.82) is 0 Å². The molecule has 116 valence electrons. The van der Waals surface area contributed by atoms with Crippen molar-refractivity contribution < 1.29 is 9.47 Å². The highest BCUT2D eigenvalue weighted by Gasteiger charge is 2.42. The molecular weight excluding hydrogens is 264 g/mol. The molecule has 0 N–H and O–H groups in total. The number of ether oxygens (including phenoxy) is 2. The first-order chi connectivity index (χ1) is 10.3. The van der Waals surface area contributed by atoms with Gasteiger partial charge in [0.25, 0.3) is 0 Å². The summed E-state index contributed by atoms with van der Waals surface area (Å²) in [5.41, 5.74) is 1.77. The minimum Gasteiger partial charge on any atom is -0.379 e. The lowest BCUT2D eigenvalue weighted by molar-refractivity contribution is 0.0158. The Labute approximate surface area is 127 Å². The van der Waals surface area contributed by atoms with Crippen molar-refractivity contribution in [2.45, 2.75) is 38.8 Å². The average molecular weight is 290 g/mol. The van der Waals surface area contributed by atoms with Gasteiger partial charge in [0.15, 0.2) is 0 Å². The molecule has 1 atom stereocenters. The molecule has 1 spiro atoms. The molecule has 2 fully saturated rings. The van der Waals surface area contributed by atoms with Gasteiger partial charge in [-0.05, 0) is 62.4 Å². The fourth-order valence-electron chi connectivity index (χ4n) is 3.53. The van der Waals surface area contributed by atoms with Crippen LogP contribution in [0.5, 0.6) is 0 Å². The second-order valence-corrected chi connectivity index (χ2v) is 6.43. The van der Waals surface area contributed by atoms with Crippen LogP contribution in [0, 0.1) is 5.41 Å². The molecule has 0 aliphatic carbocycles. The first-order valence-electron chi connectivity index (χ1n) is 8.10. The lowest BCUT2D eigenvalue weighted by Gasteiger charge is -2.38. The van der Waals surface area contributed by atoms with Gasteiger partial charge in [-0.1, -0.05) is 0 Å². The van der Waals surface area contributed by atoms with E-state index in [2.05, 4.69) is 22.0 Å². The van der Waals surface area contributed by atoms with Crippen LogP contribution in [0.1, 0.15) is 31.7 Å². The Bertz CT molecular complexity index is 430. The topological polar surface area (TPSA) is 34.6 Å². The third-order valence-electron chi connectivity index (χ3n) is 4.87. The number of aromatic nitrogens is 1. The normalized spacial score (nSPS) is 25.5. The minimum absolute atomic E-state index is 0.316. The molecule has 2 saturated heterocycles. The third kappa shape index (κ3) is 3.82. The van der Waals surface area contributed by atoms with Gasteiger partial charge in [0.2, 0.25) is 0 Å². The fourth-order valence-corrected chi connectivity index (χ4v) is 3.53. The van der Waals surface area contributed by atoms with E-state index in [-0.39, 0.29) is 0 Å². The number of hydrogen-bond acceptors (Lipinski definition) is 4. The van der Waals surface area contributed by atoms with E-state index in [9.17, 15) is 0 Å². The van der Waals surface area contributed by atoms with E-state index in [1.807, 2.05) is 19.3 Å². The van der Waals surface area contributed by atoms with Gasteiger partial charge >= 0.3 is 0 Å². The molecule has 0 amide bonds. The predicted molar refractivity (Wildman–Crippen MR) is 82.0 cm³/mol. The number of piperidine rings is 1. The van der Waals surface area contributed by atoms with Gasteiger partial charge in [0.1, 0.15) is 0 Å². The lowest BCUT2D eigenvalue weighted by atomic mass is 9.76. The average Bonchev–Trinajstić information content (AvgIpc) is 2.92. The summed E-state index contributed by atoms with van der Waals surface area (Å²) in [5, 5.41) is 0. The molecule has 0 unspecified atom stereocenters. The molecule has 4 nitrogen and oxygen atoms in total. The van der Waals surface area contributed by atoms with Crippen molar-refractivity contribution in [3.8, 4) is 0 Å². The third-order valence-corrected chi connectivity index (χ3v) is 4.87. The minimum atomic E-state index is 0.316. The molecular formula is C17H26N2O2. The first kappa shape index (κ1) is 14.9. The zero-order valence-electron chi connectivity index (χ0n) is 13.0. The summed E-state index contributed by atoms with van der Waals surface area (Å²) in [6, 6.07) is 4.22. The Morgan fingerprint density at radius 3 is 2.81 bits per heavy atom. The summed E-state index contributed by atoms with van der Waals surface area (Å²) < 4.78 is 11.5. The van der Waals surface area contributed by atoms with E-state index >= 15 is 0 Å². The van der Waals surface area contributed by atoms with Crippen LogP contribution in [0.25, 0.3) is 0 Å². The van der Waals surface area contributed by atoms with Gasteiger partial charge in [0.05, 0.1) is 19.3 Å². The van der Waals surface area contributed by atoms with E-state index in [0.717, 1.165) is 26.4 Å². The molecule has 1 aromatic heterocycles. The Kier molecular flexibility index (Phi) is 4.88. The highest BCUT2D eigenvalue weighted by molar-refractivity contribution is 5.09. The zero-order valence-corrected chi connectivity index (χ0v) is 13.0. The van der Waals surface area contributed by atoms with Crippen LogP contribution in [-0.4, -0.2) is 48.9 Å². The largest absolute Gasteiger partial charge is 0.379 e. The van der Waals surface area contributed by atoms with Crippen LogP contribution in [0.15, 0.2) is 24.5 Å². The first-order valence-corrected chi connectivity index (χ1v) is 8.10. The number of likely N-dealkylation sites (tertiary alicyclic amines) is 1. The summed E-state index contributed by atoms with van der Waals surface area (Å²) in [6.07, 6.45) is 7.75. The number of nitrogens with zero attached hydrogens (tertiary/aromatic N) is 2. The van der Waals surface area contributed by atoms with Crippen molar-refractivity contribution in [3.05, 3.63) is 30.1 Å². The van der Waals surface area contributed by atoms with Crippen LogP contribution in [-0.2, 0) is 16.0 Å². The van der Waals surface area contributed by atoms with E-state index in [1.165, 1.54) is 37.9 Å². The Hall–Kier alpha value is -0.970. The van der Waals surface area contributed by atoms with Gasteiger partial charge in [-0.15, -0.1) is 0 Å². The van der Waals surface area contributed by atoms with Crippen LogP contribution in [0.2, 0.25) is 0 Å². The van der Waals surface area contributed by atoms with Crippen molar-refractivity contribution >= 4 is 0 Å². The standard InChI is InChI=1S/C17H26N2O2/c1-2-20-13-16-11-17(14-21-16)5-9-19(10-6-17)12-15-3-7-18-8-4-15/h3-4,7-8,16H,2,5-6,9-14H2,1H3/t16-/m1/s1. The quantitative estimate of drug-likeness (QED) is 0.834. The number of hydrogen-bond donors (Lipinski definition) is 0. The van der Waals surface area contributed by atoms with Gasteiger partial charge in [-0.2, -0.15) is 0 Å². The van der Waals surface area contributed by atoms with Crippen LogP contribution in [0.3, 0.4) is 0 Å². The molecule has 0 saturated carbocycles. The maximum absolute atomic E-state index is 5.95. The SMILES string of the molecule is CCOC[C@H]1CC2(CCN(Cc3ccncc3)CC2)CO1. The molecule has 4 heteroatoms. The monoisotopic (exact) mass is 290 g/mol. The second-order valence-electron chi connectivity index (χ2n) is 6.43. The summed E-state index contributed by atoms with van der Waals surface area (Å²) in [6.45, 7) is 7.91. The van der Waals surface area contributed by atoms with E-state index in [1.54, 1.807) is 0 Å². The maximum atomic E-state index is 5.95. The van der Waals surface area contributed by atoms with Crippen LogP contribution < -0.4 is 0 Å². The Morgan fingerprint density at radius 2 is 2.10 bits per heavy atom. The summed E-state index contributed by atoms with van der Waals surface area (Å²) in [7, 11) is 0. The molecule has 1 aromatic rings. The summed E-state index contributed by atoms with van der Waals surface area (Å²) in [5.74, 6) is 0. The highest BCUT2D eigenvalue weighted by atomic mass is 16.5. The van der Waals surface area contributed by atoms with Crippen molar-refractivity contribution in [1.82, 2.24) is 9.88 Å². The zero-order chi connectivity index (χ0) is 14.5. The molecule has 3 rings (SSSR count). The van der Waals surface area contributed by atoms with E-state index in [4.69, 9.17) is 9.47 Å². The van der Waals surface area contributed by atoms with Gasteiger partial charge in [0, 0.05) is 25.5 Å². The lowest BCUT2D eigenvalue weighted by Crippen LogP contribution is -2.40. The van der Waals surface area contributed by atoms with Crippen molar-refractivity contribution in [2.75, 3.05) is 32.9 Å². The number of pyridine rings is 1. The van der Waals surface area contributed by atoms with E-state index < -0.39 is 0 Å². The predicted octanol–water partition coefficient (Wildman–Crippen LogP) is 2.49. The van der Waals surface area contributed by atoms with Gasteiger partial charge in [-0.25, -0.2) is 0 Å². The molecule has 21 heavy (non-hydrogen) atoms. The van der Waals surface area contributed by atoms with E-state index in [0.29, 0.717) is 11.5 Å². The van der Waals surface area contributed by atoms with Gasteiger partial charge < -0.3 is 9.47 Å². The van der Waals surface area contributed by atoms with Crippen molar-refractivity contribution in [3.63, 3.8) is 0 Å². The second kappa shape index (κ2) is 6.86. The Morgan fingerprint density at radius 1 is 1.33 bits per heavy atom. The summed E-state index contributed by atoms with van der Waals surface area (Å²) in [4.78, 5) is 6.63. The fraction of sp³-hybridized carbons (Fsp3) is 0.706. The number of rotatable bonds is 5. The van der Waals surface area contributed by atoms with Crippen LogP contribution in [0.4, 0.5) is 0 Å². The molecule has 0 aromatic carbocycles. The van der Waals surface area contributed by atoms with Crippen molar-refractivity contribution in [2.24, 2.45) is 5.41 Å². The summed E-state index contributed by atoms with van der Waals surface area (Å²) >= 11 is 0. The molecule has 0 bridgehead atoms. The smallest absolute Gasteiger partial charge is 0.0814 e. The molecule has 2 aliphatic rings. The molecule has 0 radical (unpaired) electrons. The highest BCUT2D eigenvalue weighted by Crippen LogP contribution is 2.42. The maximum Gasteiger partial charge on any atom is 0.0814 e. The Balaban J connectivity index is 1.47. The van der Waals surface area contributed by atoms with Crippen LogP contribution >= 0.6 is 0 Å². The molecule has 2 aliphatic heterocycles.